The van der Waals surface area contributed by atoms with E-state index in [0.29, 0.717) is 0 Å². The first-order valence-corrected chi connectivity index (χ1v) is 15.0. The summed E-state index contributed by atoms with van der Waals surface area (Å²) in [6.07, 6.45) is 3.81. The van der Waals surface area contributed by atoms with Crippen LogP contribution in [-0.2, 0) is 26.2 Å². The lowest BCUT2D eigenvalue weighted by Crippen LogP contribution is -2.52. The number of hydrogen-bond acceptors (Lipinski definition) is 6. The lowest BCUT2D eigenvalue weighted by molar-refractivity contribution is -0.384. The van der Waals surface area contributed by atoms with Crippen molar-refractivity contribution in [3.63, 3.8) is 0 Å². The van der Waals surface area contributed by atoms with Crippen molar-refractivity contribution in [3.8, 4) is 0 Å². The van der Waals surface area contributed by atoms with Crippen LogP contribution in [0.3, 0.4) is 0 Å². The van der Waals surface area contributed by atoms with Crippen molar-refractivity contribution in [1.29, 1.82) is 0 Å². The average molecular weight is 579 g/mol. The summed E-state index contributed by atoms with van der Waals surface area (Å²) in [5.41, 5.74) is 1.41. The number of anilines is 1. The Bertz CT molecular complexity index is 1510. The van der Waals surface area contributed by atoms with E-state index in [1.165, 1.54) is 35.2 Å². The third-order valence-electron chi connectivity index (χ3n) is 7.24. The van der Waals surface area contributed by atoms with Crippen molar-refractivity contribution in [2.75, 3.05) is 10.8 Å². The van der Waals surface area contributed by atoms with Gasteiger partial charge in [-0.3, -0.25) is 24.0 Å². The molecule has 0 aliphatic heterocycles. The van der Waals surface area contributed by atoms with Crippen LogP contribution in [0.15, 0.2) is 83.8 Å². The Hall–Kier alpha value is -4.25. The van der Waals surface area contributed by atoms with Crippen LogP contribution >= 0.6 is 0 Å². The van der Waals surface area contributed by atoms with Gasteiger partial charge in [-0.15, -0.1) is 0 Å². The van der Waals surface area contributed by atoms with Gasteiger partial charge in [0, 0.05) is 24.7 Å². The number of carbonyl (C=O) groups is 2. The highest BCUT2D eigenvalue weighted by atomic mass is 32.2. The molecule has 0 heterocycles. The third-order valence-corrected chi connectivity index (χ3v) is 9.03. The first-order chi connectivity index (χ1) is 19.6. The summed E-state index contributed by atoms with van der Waals surface area (Å²) >= 11 is 0. The van der Waals surface area contributed by atoms with E-state index in [2.05, 4.69) is 5.32 Å². The lowest BCUT2D eigenvalue weighted by Gasteiger charge is -2.32. The Morgan fingerprint density at radius 1 is 1.00 bits per heavy atom. The molecule has 11 heteroatoms. The van der Waals surface area contributed by atoms with Gasteiger partial charge in [0.15, 0.2) is 0 Å². The average Bonchev–Trinajstić information content (AvgIpc) is 3.47. The molecule has 41 heavy (non-hydrogen) atoms. The standard InChI is InChI=1S/C30H34N4O6S/c1-22-10-8-11-24(18-22)20-32(23(2)30(36)31-25-12-6-7-13-25)29(35)21-33(26-14-9-15-27(19-26)34(37)38)41(39,40)28-16-4-3-5-17-28/h3-5,8-11,14-19,23,25H,6-7,12-13,20-21H2,1-2H3,(H,31,36). The summed E-state index contributed by atoms with van der Waals surface area (Å²) in [6.45, 7) is 2.96. The van der Waals surface area contributed by atoms with Crippen LogP contribution in [0.4, 0.5) is 11.4 Å². The second-order valence-electron chi connectivity index (χ2n) is 10.3. The number of hydrogen-bond donors (Lipinski definition) is 1. The summed E-state index contributed by atoms with van der Waals surface area (Å²) in [6, 6.07) is 19.4. The Labute approximate surface area is 240 Å². The van der Waals surface area contributed by atoms with E-state index in [-0.39, 0.29) is 34.8 Å². The van der Waals surface area contributed by atoms with Crippen LogP contribution in [0.1, 0.15) is 43.7 Å². The molecular formula is C30H34N4O6S. The summed E-state index contributed by atoms with van der Waals surface area (Å²) in [5.74, 6) is -0.933. The maximum absolute atomic E-state index is 14.0. The Kier molecular flexibility index (Phi) is 9.38. The Morgan fingerprint density at radius 3 is 2.34 bits per heavy atom. The molecule has 1 saturated carbocycles. The number of non-ortho nitro benzene ring substituents is 1. The zero-order valence-corrected chi connectivity index (χ0v) is 23.9. The van der Waals surface area contributed by atoms with Gasteiger partial charge in [-0.1, -0.05) is 66.9 Å². The molecule has 10 nitrogen and oxygen atoms in total. The van der Waals surface area contributed by atoms with Crippen LogP contribution in [-0.4, -0.2) is 48.7 Å². The number of carbonyl (C=O) groups excluding carboxylic acids is 2. The van der Waals surface area contributed by atoms with Crippen molar-refractivity contribution >= 4 is 33.2 Å². The van der Waals surface area contributed by atoms with Crippen molar-refractivity contribution in [2.24, 2.45) is 0 Å². The zero-order valence-electron chi connectivity index (χ0n) is 23.1. The first-order valence-electron chi connectivity index (χ1n) is 13.5. The molecule has 1 unspecified atom stereocenters. The molecule has 1 fully saturated rings. The predicted molar refractivity (Wildman–Crippen MR) is 156 cm³/mol. The van der Waals surface area contributed by atoms with E-state index in [4.69, 9.17) is 0 Å². The fraction of sp³-hybridized carbons (Fsp3) is 0.333. The first kappa shape index (κ1) is 29.7. The molecule has 4 rings (SSSR count). The largest absolute Gasteiger partial charge is 0.352 e. The van der Waals surface area contributed by atoms with Gasteiger partial charge in [0.05, 0.1) is 15.5 Å². The van der Waals surface area contributed by atoms with E-state index in [1.54, 1.807) is 25.1 Å². The quantitative estimate of drug-likeness (QED) is 0.262. The van der Waals surface area contributed by atoms with Crippen molar-refractivity contribution in [3.05, 3.63) is 100 Å². The second-order valence-corrected chi connectivity index (χ2v) is 12.1. The van der Waals surface area contributed by atoms with Crippen LogP contribution in [0.2, 0.25) is 0 Å². The molecule has 1 N–H and O–H groups in total. The molecule has 0 spiro atoms. The number of rotatable bonds is 11. The van der Waals surface area contributed by atoms with E-state index >= 15 is 0 Å². The maximum Gasteiger partial charge on any atom is 0.271 e. The molecule has 0 aromatic heterocycles. The summed E-state index contributed by atoms with van der Waals surface area (Å²) in [5, 5.41) is 14.5. The summed E-state index contributed by atoms with van der Waals surface area (Å²) in [4.78, 5) is 39.4. The fourth-order valence-corrected chi connectivity index (χ4v) is 6.42. The SMILES string of the molecule is Cc1cccc(CN(C(=O)CN(c2cccc([N+](=O)[O-])c2)S(=O)(=O)c2ccccc2)C(C)C(=O)NC2CCCC2)c1. The van der Waals surface area contributed by atoms with E-state index < -0.39 is 33.4 Å². The number of amides is 2. The second kappa shape index (κ2) is 12.9. The number of nitrogens with one attached hydrogen (secondary N) is 1. The van der Waals surface area contributed by atoms with Crippen LogP contribution in [0.5, 0.6) is 0 Å². The van der Waals surface area contributed by atoms with Crippen molar-refractivity contribution in [1.82, 2.24) is 10.2 Å². The molecule has 2 amide bonds. The van der Waals surface area contributed by atoms with Gasteiger partial charge < -0.3 is 10.2 Å². The lowest BCUT2D eigenvalue weighted by atomic mass is 10.1. The van der Waals surface area contributed by atoms with Gasteiger partial charge in [0.2, 0.25) is 11.8 Å². The normalized spacial score (nSPS) is 14.3. The van der Waals surface area contributed by atoms with Crippen molar-refractivity contribution in [2.45, 2.75) is 63.1 Å². The fourth-order valence-electron chi connectivity index (χ4n) is 4.99. The van der Waals surface area contributed by atoms with Gasteiger partial charge in [0.1, 0.15) is 12.6 Å². The van der Waals surface area contributed by atoms with Crippen LogP contribution in [0, 0.1) is 17.0 Å². The highest BCUT2D eigenvalue weighted by molar-refractivity contribution is 7.92. The van der Waals surface area contributed by atoms with Gasteiger partial charge in [-0.05, 0) is 50.5 Å². The minimum absolute atomic E-state index is 0.0324. The number of sulfonamides is 1. The van der Waals surface area contributed by atoms with Gasteiger partial charge >= 0.3 is 0 Å². The third kappa shape index (κ3) is 7.29. The molecular weight excluding hydrogens is 544 g/mol. The van der Waals surface area contributed by atoms with Crippen LogP contribution < -0.4 is 9.62 Å². The zero-order chi connectivity index (χ0) is 29.6. The maximum atomic E-state index is 14.0. The summed E-state index contributed by atoms with van der Waals surface area (Å²) < 4.78 is 28.5. The predicted octanol–water partition coefficient (Wildman–Crippen LogP) is 4.57. The van der Waals surface area contributed by atoms with Crippen molar-refractivity contribution < 1.29 is 22.9 Å². The Morgan fingerprint density at radius 2 is 1.68 bits per heavy atom. The summed E-state index contributed by atoms with van der Waals surface area (Å²) in [7, 11) is -4.31. The number of nitro groups is 1. The molecule has 0 bridgehead atoms. The van der Waals surface area contributed by atoms with Gasteiger partial charge in [0.25, 0.3) is 15.7 Å². The molecule has 216 valence electrons. The Balaban J connectivity index is 1.71. The highest BCUT2D eigenvalue weighted by Crippen LogP contribution is 2.28. The monoisotopic (exact) mass is 578 g/mol. The number of nitrogens with zero attached hydrogens (tertiary/aromatic N) is 3. The molecule has 0 radical (unpaired) electrons. The molecule has 1 atom stereocenters. The van der Waals surface area contributed by atoms with Gasteiger partial charge in [-0.25, -0.2) is 8.42 Å². The minimum atomic E-state index is -4.31. The van der Waals surface area contributed by atoms with E-state index in [0.717, 1.165) is 47.2 Å². The smallest absolute Gasteiger partial charge is 0.271 e. The van der Waals surface area contributed by atoms with E-state index in [1.807, 2.05) is 31.2 Å². The topological polar surface area (TPSA) is 130 Å². The van der Waals surface area contributed by atoms with Crippen LogP contribution in [0.25, 0.3) is 0 Å². The van der Waals surface area contributed by atoms with E-state index in [9.17, 15) is 28.1 Å². The highest BCUT2D eigenvalue weighted by Gasteiger charge is 2.33. The molecule has 1 aliphatic carbocycles. The minimum Gasteiger partial charge on any atom is -0.352 e. The van der Waals surface area contributed by atoms with Gasteiger partial charge in [-0.2, -0.15) is 0 Å². The number of benzene rings is 3. The molecule has 1 aliphatic rings. The molecule has 3 aromatic carbocycles. The number of aryl methyl sites for hydroxylation is 1. The molecule has 3 aromatic rings. The molecule has 0 saturated heterocycles. The number of nitro benzene ring substituents is 1.